The van der Waals surface area contributed by atoms with Crippen LogP contribution in [-0.2, 0) is 18.9 Å². The molecule has 0 aromatic carbocycles. The standard InChI is InChI=1S/C12H21FO4/c1-4-6-16-11(5-2)12(9-13)17-10-15-8-7-14-3/h4,9,11H,1,5-8,10H2,2-3H3/b12-9+. The molecular weight excluding hydrogens is 227 g/mol. The Morgan fingerprint density at radius 3 is 2.71 bits per heavy atom. The van der Waals surface area contributed by atoms with Gasteiger partial charge in [0.2, 0.25) is 0 Å². The lowest BCUT2D eigenvalue weighted by molar-refractivity contribution is -0.0631. The minimum Gasteiger partial charge on any atom is -0.467 e. The summed E-state index contributed by atoms with van der Waals surface area (Å²) >= 11 is 0. The smallest absolute Gasteiger partial charge is 0.188 e. The maximum atomic E-state index is 12.6. The second-order valence-corrected chi connectivity index (χ2v) is 3.19. The van der Waals surface area contributed by atoms with Gasteiger partial charge in [-0.05, 0) is 6.42 Å². The summed E-state index contributed by atoms with van der Waals surface area (Å²) in [6.07, 6.45) is 2.20. The largest absolute Gasteiger partial charge is 0.467 e. The van der Waals surface area contributed by atoms with Crippen molar-refractivity contribution in [3.05, 3.63) is 24.7 Å². The molecule has 0 aliphatic rings. The third-order valence-electron chi connectivity index (χ3n) is 1.95. The molecule has 0 rings (SSSR count). The summed E-state index contributed by atoms with van der Waals surface area (Å²) < 4.78 is 33.0. The molecule has 1 unspecified atom stereocenters. The van der Waals surface area contributed by atoms with E-state index < -0.39 is 6.10 Å². The van der Waals surface area contributed by atoms with E-state index in [9.17, 15) is 4.39 Å². The first-order chi connectivity index (χ1) is 8.29. The Morgan fingerprint density at radius 2 is 2.18 bits per heavy atom. The number of ether oxygens (including phenoxy) is 4. The molecule has 0 aliphatic carbocycles. The topological polar surface area (TPSA) is 36.9 Å². The molecule has 100 valence electrons. The Morgan fingerprint density at radius 1 is 1.41 bits per heavy atom. The zero-order chi connectivity index (χ0) is 12.9. The van der Waals surface area contributed by atoms with E-state index in [2.05, 4.69) is 6.58 Å². The fraction of sp³-hybridized carbons (Fsp3) is 0.667. The van der Waals surface area contributed by atoms with Crippen molar-refractivity contribution in [3.63, 3.8) is 0 Å². The molecule has 0 saturated carbocycles. The van der Waals surface area contributed by atoms with Crippen molar-refractivity contribution in [2.24, 2.45) is 0 Å². The SMILES string of the molecule is C=CCOC(CC)/C(=C\F)OCOCCOC. The van der Waals surface area contributed by atoms with E-state index in [0.717, 1.165) is 0 Å². The van der Waals surface area contributed by atoms with Crippen LogP contribution in [0.25, 0.3) is 0 Å². The molecule has 0 heterocycles. The first-order valence-corrected chi connectivity index (χ1v) is 5.52. The maximum absolute atomic E-state index is 12.6. The average Bonchev–Trinajstić information content (AvgIpc) is 2.36. The number of hydrogen-bond donors (Lipinski definition) is 0. The van der Waals surface area contributed by atoms with Crippen molar-refractivity contribution < 1.29 is 23.3 Å². The molecule has 0 saturated heterocycles. The Bertz CT molecular complexity index is 219. The Kier molecular flexibility index (Phi) is 11.0. The highest BCUT2D eigenvalue weighted by molar-refractivity contribution is 4.95. The monoisotopic (exact) mass is 248 g/mol. The van der Waals surface area contributed by atoms with Gasteiger partial charge >= 0.3 is 0 Å². The van der Waals surface area contributed by atoms with Gasteiger partial charge in [-0.25, -0.2) is 4.39 Å². The lowest BCUT2D eigenvalue weighted by atomic mass is 10.2. The minimum absolute atomic E-state index is 0.0208. The van der Waals surface area contributed by atoms with Gasteiger partial charge in [-0.2, -0.15) is 0 Å². The Balaban J connectivity index is 3.90. The third-order valence-corrected chi connectivity index (χ3v) is 1.95. The van der Waals surface area contributed by atoms with Crippen LogP contribution in [0.3, 0.4) is 0 Å². The second kappa shape index (κ2) is 11.6. The average molecular weight is 248 g/mol. The molecule has 0 amide bonds. The van der Waals surface area contributed by atoms with Crippen molar-refractivity contribution >= 4 is 0 Å². The summed E-state index contributed by atoms with van der Waals surface area (Å²) in [5, 5.41) is 0. The fourth-order valence-electron chi connectivity index (χ4n) is 1.09. The van der Waals surface area contributed by atoms with Crippen LogP contribution < -0.4 is 0 Å². The number of hydrogen-bond acceptors (Lipinski definition) is 4. The highest BCUT2D eigenvalue weighted by Crippen LogP contribution is 2.13. The van der Waals surface area contributed by atoms with Gasteiger partial charge in [-0.1, -0.05) is 13.0 Å². The molecule has 4 nitrogen and oxygen atoms in total. The van der Waals surface area contributed by atoms with Gasteiger partial charge in [0.15, 0.2) is 12.6 Å². The minimum atomic E-state index is -0.413. The van der Waals surface area contributed by atoms with Gasteiger partial charge < -0.3 is 18.9 Å². The lowest BCUT2D eigenvalue weighted by Gasteiger charge is -2.18. The number of methoxy groups -OCH3 is 1. The molecule has 0 bridgehead atoms. The van der Waals surface area contributed by atoms with E-state index in [1.54, 1.807) is 13.2 Å². The van der Waals surface area contributed by atoms with Gasteiger partial charge in [0.25, 0.3) is 0 Å². The van der Waals surface area contributed by atoms with Crippen molar-refractivity contribution in [1.82, 2.24) is 0 Å². The van der Waals surface area contributed by atoms with E-state index >= 15 is 0 Å². The van der Waals surface area contributed by atoms with Gasteiger partial charge in [0.05, 0.1) is 19.8 Å². The second-order valence-electron chi connectivity index (χ2n) is 3.19. The molecule has 0 aliphatic heterocycles. The van der Waals surface area contributed by atoms with Crippen LogP contribution in [0.5, 0.6) is 0 Å². The predicted octanol–water partition coefficient (Wildman–Crippen LogP) is 2.42. The van der Waals surface area contributed by atoms with E-state index in [1.165, 1.54) is 0 Å². The van der Waals surface area contributed by atoms with Crippen LogP contribution >= 0.6 is 0 Å². The molecule has 0 aromatic heterocycles. The van der Waals surface area contributed by atoms with Crippen LogP contribution in [0.15, 0.2) is 24.7 Å². The summed E-state index contributed by atoms with van der Waals surface area (Å²) in [6, 6.07) is 0. The quantitative estimate of drug-likeness (QED) is 0.243. The molecule has 0 fully saturated rings. The molecule has 0 radical (unpaired) electrons. The van der Waals surface area contributed by atoms with Gasteiger partial charge in [-0.3, -0.25) is 0 Å². The summed E-state index contributed by atoms with van der Waals surface area (Å²) in [5.74, 6) is 0.131. The van der Waals surface area contributed by atoms with Crippen molar-refractivity contribution in [1.29, 1.82) is 0 Å². The van der Waals surface area contributed by atoms with Crippen molar-refractivity contribution in [3.8, 4) is 0 Å². The normalized spacial score (nSPS) is 13.5. The van der Waals surface area contributed by atoms with Crippen LogP contribution in [-0.4, -0.2) is 39.8 Å². The van der Waals surface area contributed by atoms with Crippen LogP contribution in [0.2, 0.25) is 0 Å². The predicted molar refractivity (Wildman–Crippen MR) is 63.2 cm³/mol. The zero-order valence-electron chi connectivity index (χ0n) is 10.5. The fourth-order valence-corrected chi connectivity index (χ4v) is 1.09. The third kappa shape index (κ3) is 7.90. The van der Waals surface area contributed by atoms with Crippen LogP contribution in [0.4, 0.5) is 4.39 Å². The van der Waals surface area contributed by atoms with E-state index in [-0.39, 0.29) is 12.6 Å². The molecule has 17 heavy (non-hydrogen) atoms. The van der Waals surface area contributed by atoms with Gasteiger partial charge in [0, 0.05) is 7.11 Å². The zero-order valence-corrected chi connectivity index (χ0v) is 10.5. The highest BCUT2D eigenvalue weighted by atomic mass is 19.1. The Labute approximate surface area is 102 Å². The molecular formula is C12H21FO4. The summed E-state index contributed by atoms with van der Waals surface area (Å²) in [6.45, 7) is 6.62. The molecule has 1 atom stereocenters. The molecule has 0 spiro atoms. The summed E-state index contributed by atoms with van der Waals surface area (Å²) in [5.41, 5.74) is 0. The first-order valence-electron chi connectivity index (χ1n) is 5.52. The number of rotatable bonds is 11. The molecule has 5 heteroatoms. The van der Waals surface area contributed by atoms with Crippen LogP contribution in [0, 0.1) is 0 Å². The molecule has 0 aromatic rings. The number of halogens is 1. The lowest BCUT2D eigenvalue weighted by Crippen LogP contribution is -2.18. The highest BCUT2D eigenvalue weighted by Gasteiger charge is 2.14. The van der Waals surface area contributed by atoms with Crippen molar-refractivity contribution in [2.45, 2.75) is 19.4 Å². The Hall–Kier alpha value is -0.910. The maximum Gasteiger partial charge on any atom is 0.188 e. The van der Waals surface area contributed by atoms with E-state index in [0.29, 0.717) is 32.6 Å². The summed E-state index contributed by atoms with van der Waals surface area (Å²) in [7, 11) is 1.58. The van der Waals surface area contributed by atoms with Crippen molar-refractivity contribution in [2.75, 3.05) is 33.7 Å². The molecule has 0 N–H and O–H groups in total. The van der Waals surface area contributed by atoms with Gasteiger partial charge in [-0.15, -0.1) is 6.58 Å². The van der Waals surface area contributed by atoms with Crippen LogP contribution in [0.1, 0.15) is 13.3 Å². The van der Waals surface area contributed by atoms with E-state index in [1.807, 2.05) is 6.92 Å². The summed E-state index contributed by atoms with van der Waals surface area (Å²) in [4.78, 5) is 0. The first kappa shape index (κ1) is 16.1. The van der Waals surface area contributed by atoms with E-state index in [4.69, 9.17) is 18.9 Å². The van der Waals surface area contributed by atoms with Gasteiger partial charge in [0.1, 0.15) is 12.4 Å².